The maximum absolute atomic E-state index is 11.9. The van der Waals surface area contributed by atoms with Crippen molar-refractivity contribution in [2.45, 2.75) is 26.3 Å². The lowest BCUT2D eigenvalue weighted by Crippen LogP contribution is -2.40. The number of aliphatic carboxylic acids is 1. The third kappa shape index (κ3) is 2.73. The zero-order chi connectivity index (χ0) is 14.0. The average molecular weight is 261 g/mol. The number of imidazole rings is 1. The molecule has 1 amide bonds. The van der Waals surface area contributed by atoms with E-state index in [2.05, 4.69) is 10.3 Å². The lowest BCUT2D eigenvalue weighted by Gasteiger charge is -2.10. The molecule has 0 saturated carbocycles. The zero-order valence-electron chi connectivity index (χ0n) is 10.8. The lowest BCUT2D eigenvalue weighted by atomic mass is 10.2. The SMILES string of the molecule is CCC(NC(=O)c1cn2ccc(C)cc2n1)C(=O)O. The first-order valence-electron chi connectivity index (χ1n) is 6.00. The van der Waals surface area contributed by atoms with Crippen molar-refractivity contribution in [3.63, 3.8) is 0 Å². The minimum absolute atomic E-state index is 0.213. The van der Waals surface area contributed by atoms with Crippen molar-refractivity contribution < 1.29 is 14.7 Å². The van der Waals surface area contributed by atoms with E-state index < -0.39 is 17.9 Å². The fourth-order valence-electron chi connectivity index (χ4n) is 1.76. The molecule has 1 unspecified atom stereocenters. The van der Waals surface area contributed by atoms with E-state index in [1.165, 1.54) is 0 Å². The summed E-state index contributed by atoms with van der Waals surface area (Å²) >= 11 is 0. The second kappa shape index (κ2) is 5.09. The minimum atomic E-state index is -1.05. The van der Waals surface area contributed by atoms with Gasteiger partial charge in [-0.25, -0.2) is 9.78 Å². The van der Waals surface area contributed by atoms with Gasteiger partial charge >= 0.3 is 5.97 Å². The molecule has 2 N–H and O–H groups in total. The van der Waals surface area contributed by atoms with E-state index in [9.17, 15) is 9.59 Å². The zero-order valence-corrected chi connectivity index (χ0v) is 10.8. The van der Waals surface area contributed by atoms with Crippen LogP contribution in [0.15, 0.2) is 24.5 Å². The van der Waals surface area contributed by atoms with Crippen LogP contribution in [0.4, 0.5) is 0 Å². The molecule has 6 nitrogen and oxygen atoms in total. The number of rotatable bonds is 4. The third-order valence-electron chi connectivity index (χ3n) is 2.86. The second-order valence-electron chi connectivity index (χ2n) is 4.37. The molecule has 2 aromatic rings. The molecule has 6 heteroatoms. The summed E-state index contributed by atoms with van der Waals surface area (Å²) in [7, 11) is 0. The predicted octanol–water partition coefficient (Wildman–Crippen LogP) is 1.24. The second-order valence-corrected chi connectivity index (χ2v) is 4.37. The van der Waals surface area contributed by atoms with Gasteiger partial charge in [-0.3, -0.25) is 4.79 Å². The van der Waals surface area contributed by atoms with Gasteiger partial charge in [-0.15, -0.1) is 0 Å². The quantitative estimate of drug-likeness (QED) is 0.867. The number of fused-ring (bicyclic) bond motifs is 1. The van der Waals surface area contributed by atoms with Crippen LogP contribution in [0.1, 0.15) is 29.4 Å². The molecule has 0 saturated heterocycles. The molecule has 100 valence electrons. The topological polar surface area (TPSA) is 83.7 Å². The number of pyridine rings is 1. The number of amides is 1. The standard InChI is InChI=1S/C13H15N3O3/c1-3-9(13(18)19)15-12(17)10-7-16-5-4-8(2)6-11(16)14-10/h4-7,9H,3H2,1-2H3,(H,15,17)(H,18,19). The largest absolute Gasteiger partial charge is 0.480 e. The molecule has 1 atom stereocenters. The van der Waals surface area contributed by atoms with Crippen LogP contribution in [0.3, 0.4) is 0 Å². The highest BCUT2D eigenvalue weighted by Crippen LogP contribution is 2.08. The maximum Gasteiger partial charge on any atom is 0.326 e. The predicted molar refractivity (Wildman–Crippen MR) is 69.1 cm³/mol. The molecule has 0 spiro atoms. The van der Waals surface area contributed by atoms with Gasteiger partial charge in [-0.1, -0.05) is 6.92 Å². The fourth-order valence-corrected chi connectivity index (χ4v) is 1.76. The smallest absolute Gasteiger partial charge is 0.326 e. The van der Waals surface area contributed by atoms with Crippen LogP contribution < -0.4 is 5.32 Å². The van der Waals surface area contributed by atoms with Gasteiger partial charge in [0.2, 0.25) is 0 Å². The molecule has 0 aliphatic heterocycles. The van der Waals surface area contributed by atoms with Crippen LogP contribution in [0.25, 0.3) is 5.65 Å². The molecular weight excluding hydrogens is 246 g/mol. The molecular formula is C13H15N3O3. The van der Waals surface area contributed by atoms with Crippen molar-refractivity contribution in [3.05, 3.63) is 35.8 Å². The third-order valence-corrected chi connectivity index (χ3v) is 2.86. The number of carbonyl (C=O) groups excluding carboxylic acids is 1. The lowest BCUT2D eigenvalue weighted by molar-refractivity contribution is -0.139. The van der Waals surface area contributed by atoms with Crippen LogP contribution in [-0.2, 0) is 4.79 Å². The van der Waals surface area contributed by atoms with Crippen molar-refractivity contribution in [1.29, 1.82) is 0 Å². The normalized spacial score (nSPS) is 12.3. The van der Waals surface area contributed by atoms with E-state index in [0.717, 1.165) is 5.56 Å². The Hall–Kier alpha value is -2.37. The first kappa shape index (κ1) is 13.1. The Labute approximate surface area is 110 Å². The molecule has 0 bridgehead atoms. The van der Waals surface area contributed by atoms with Crippen LogP contribution >= 0.6 is 0 Å². The Balaban J connectivity index is 2.24. The number of aromatic nitrogens is 2. The molecule has 19 heavy (non-hydrogen) atoms. The monoisotopic (exact) mass is 261 g/mol. The van der Waals surface area contributed by atoms with E-state index in [0.29, 0.717) is 12.1 Å². The molecule has 0 fully saturated rings. The molecule has 0 aliphatic rings. The molecule has 0 aliphatic carbocycles. The number of hydrogen-bond donors (Lipinski definition) is 2. The number of nitrogens with zero attached hydrogens (tertiary/aromatic N) is 2. The highest BCUT2D eigenvalue weighted by molar-refractivity contribution is 5.95. The number of aryl methyl sites for hydroxylation is 1. The summed E-state index contributed by atoms with van der Waals surface area (Å²) in [5.41, 5.74) is 1.92. The first-order chi connectivity index (χ1) is 9.01. The molecule has 2 heterocycles. The van der Waals surface area contributed by atoms with E-state index in [1.807, 2.05) is 25.3 Å². The van der Waals surface area contributed by atoms with Crippen molar-refractivity contribution in [1.82, 2.24) is 14.7 Å². The Bertz CT molecular complexity index is 633. The van der Waals surface area contributed by atoms with Crippen molar-refractivity contribution in [3.8, 4) is 0 Å². The Morgan fingerprint density at radius 2 is 2.26 bits per heavy atom. The van der Waals surface area contributed by atoms with Gasteiger partial charge in [0.05, 0.1) is 0 Å². The van der Waals surface area contributed by atoms with Gasteiger partial charge in [-0.05, 0) is 31.0 Å². The number of nitrogens with one attached hydrogen (secondary N) is 1. The highest BCUT2D eigenvalue weighted by atomic mass is 16.4. The van der Waals surface area contributed by atoms with Gasteiger partial charge in [-0.2, -0.15) is 0 Å². The molecule has 0 radical (unpaired) electrons. The van der Waals surface area contributed by atoms with E-state index in [4.69, 9.17) is 5.11 Å². The van der Waals surface area contributed by atoms with Crippen LogP contribution in [-0.4, -0.2) is 32.4 Å². The summed E-state index contributed by atoms with van der Waals surface area (Å²) in [6, 6.07) is 2.87. The van der Waals surface area contributed by atoms with Crippen molar-refractivity contribution in [2.24, 2.45) is 0 Å². The summed E-state index contributed by atoms with van der Waals surface area (Å²) in [5, 5.41) is 11.3. The summed E-state index contributed by atoms with van der Waals surface area (Å²) in [6.07, 6.45) is 3.72. The summed E-state index contributed by atoms with van der Waals surface area (Å²) in [4.78, 5) is 27.0. The number of carboxylic acids is 1. The van der Waals surface area contributed by atoms with Gasteiger partial charge in [0.1, 0.15) is 17.4 Å². The average Bonchev–Trinajstić information content (AvgIpc) is 2.78. The van der Waals surface area contributed by atoms with Gasteiger partial charge in [0.15, 0.2) is 0 Å². The van der Waals surface area contributed by atoms with E-state index in [-0.39, 0.29) is 5.69 Å². The van der Waals surface area contributed by atoms with E-state index in [1.54, 1.807) is 17.5 Å². The van der Waals surface area contributed by atoms with Crippen LogP contribution in [0.2, 0.25) is 0 Å². The van der Waals surface area contributed by atoms with E-state index >= 15 is 0 Å². The van der Waals surface area contributed by atoms with Gasteiger partial charge in [0.25, 0.3) is 5.91 Å². The van der Waals surface area contributed by atoms with Crippen LogP contribution in [0, 0.1) is 6.92 Å². The minimum Gasteiger partial charge on any atom is -0.480 e. The van der Waals surface area contributed by atoms with Gasteiger partial charge < -0.3 is 14.8 Å². The Morgan fingerprint density at radius 1 is 1.53 bits per heavy atom. The molecule has 0 aromatic carbocycles. The number of hydrogen-bond acceptors (Lipinski definition) is 3. The Morgan fingerprint density at radius 3 is 2.89 bits per heavy atom. The Kier molecular flexibility index (Phi) is 3.50. The number of carbonyl (C=O) groups is 2. The summed E-state index contributed by atoms with van der Waals surface area (Å²) in [6.45, 7) is 3.64. The number of carboxylic acid groups (broad SMARTS) is 1. The van der Waals surface area contributed by atoms with Crippen LogP contribution in [0.5, 0.6) is 0 Å². The highest BCUT2D eigenvalue weighted by Gasteiger charge is 2.20. The van der Waals surface area contributed by atoms with Crippen molar-refractivity contribution >= 4 is 17.5 Å². The summed E-state index contributed by atoms with van der Waals surface area (Å²) in [5.74, 6) is -1.52. The molecule has 2 aromatic heterocycles. The first-order valence-corrected chi connectivity index (χ1v) is 6.00. The van der Waals surface area contributed by atoms with Crippen molar-refractivity contribution in [2.75, 3.05) is 0 Å². The summed E-state index contributed by atoms with van der Waals surface area (Å²) < 4.78 is 1.73. The maximum atomic E-state index is 11.9. The molecule has 2 rings (SSSR count). The fraction of sp³-hybridized carbons (Fsp3) is 0.308. The van der Waals surface area contributed by atoms with Gasteiger partial charge in [0, 0.05) is 12.4 Å².